The molecule has 0 radical (unpaired) electrons. The zero-order valence-corrected chi connectivity index (χ0v) is 15.1. The Morgan fingerprint density at radius 2 is 1.83 bits per heavy atom. The van der Waals surface area contributed by atoms with Crippen LogP contribution in [-0.4, -0.2) is 44.6 Å². The smallest absolute Gasteiger partial charge is 0.219 e. The Morgan fingerprint density at radius 1 is 1.17 bits per heavy atom. The lowest BCUT2D eigenvalue weighted by molar-refractivity contribution is -0.128. The second-order valence-electron chi connectivity index (χ2n) is 6.14. The van der Waals surface area contributed by atoms with Gasteiger partial charge in [0.2, 0.25) is 15.9 Å². The second-order valence-corrected chi connectivity index (χ2v) is 8.06. The van der Waals surface area contributed by atoms with E-state index in [2.05, 4.69) is 18.6 Å². The van der Waals surface area contributed by atoms with Gasteiger partial charge in [-0.3, -0.25) is 4.79 Å². The van der Waals surface area contributed by atoms with Crippen LogP contribution in [0.1, 0.15) is 32.8 Å². The van der Waals surface area contributed by atoms with Crippen molar-refractivity contribution in [2.75, 3.05) is 25.4 Å². The maximum atomic E-state index is 12.0. The van der Waals surface area contributed by atoms with Crippen molar-refractivity contribution in [1.29, 1.82) is 0 Å². The van der Waals surface area contributed by atoms with Crippen LogP contribution < -0.4 is 4.72 Å². The molecule has 5 nitrogen and oxygen atoms in total. The van der Waals surface area contributed by atoms with E-state index in [1.54, 1.807) is 4.90 Å². The summed E-state index contributed by atoms with van der Waals surface area (Å²) in [5, 5.41) is 0. The monoisotopic (exact) mass is 340 g/mol. The summed E-state index contributed by atoms with van der Waals surface area (Å²) >= 11 is 0. The van der Waals surface area contributed by atoms with Gasteiger partial charge in [-0.1, -0.05) is 44.2 Å². The summed E-state index contributed by atoms with van der Waals surface area (Å²) in [6, 6.07) is 9.53. The lowest BCUT2D eigenvalue weighted by atomic mass is 10.1. The first-order valence-corrected chi connectivity index (χ1v) is 9.72. The third-order valence-electron chi connectivity index (χ3n) is 3.63. The summed E-state index contributed by atoms with van der Waals surface area (Å²) in [5.74, 6) is 0.553. The molecule has 130 valence electrons. The van der Waals surface area contributed by atoms with Crippen molar-refractivity contribution in [2.24, 2.45) is 5.92 Å². The van der Waals surface area contributed by atoms with E-state index < -0.39 is 10.0 Å². The highest BCUT2D eigenvalue weighted by atomic mass is 32.2. The normalized spacial score (nSPS) is 11.7. The molecule has 6 heteroatoms. The maximum Gasteiger partial charge on any atom is 0.219 e. The molecule has 0 aliphatic carbocycles. The molecule has 0 unspecified atom stereocenters. The number of carbonyl (C=O) groups excluding carboxylic acids is 1. The Labute approximate surface area is 140 Å². The molecule has 23 heavy (non-hydrogen) atoms. The van der Waals surface area contributed by atoms with Gasteiger partial charge in [0.15, 0.2) is 0 Å². The van der Waals surface area contributed by atoms with Crippen molar-refractivity contribution < 1.29 is 13.2 Å². The van der Waals surface area contributed by atoms with Gasteiger partial charge in [0.1, 0.15) is 0 Å². The first-order valence-electron chi connectivity index (χ1n) is 8.07. The predicted molar refractivity (Wildman–Crippen MR) is 93.6 cm³/mol. The zero-order chi connectivity index (χ0) is 17.3. The quantitative estimate of drug-likeness (QED) is 0.709. The van der Waals surface area contributed by atoms with Gasteiger partial charge in [0, 0.05) is 26.6 Å². The second kappa shape index (κ2) is 9.67. The van der Waals surface area contributed by atoms with Crippen LogP contribution >= 0.6 is 0 Å². The predicted octanol–water partition coefficient (Wildman–Crippen LogP) is 2.04. The van der Waals surface area contributed by atoms with E-state index in [9.17, 15) is 13.2 Å². The average Bonchev–Trinajstić information content (AvgIpc) is 2.49. The van der Waals surface area contributed by atoms with Gasteiger partial charge < -0.3 is 4.90 Å². The molecule has 0 atom stereocenters. The molecular weight excluding hydrogens is 312 g/mol. The molecule has 1 aromatic carbocycles. The maximum absolute atomic E-state index is 12.0. The van der Waals surface area contributed by atoms with Gasteiger partial charge in [0.05, 0.1) is 5.75 Å². The van der Waals surface area contributed by atoms with E-state index in [4.69, 9.17) is 0 Å². The molecule has 0 aliphatic rings. The molecule has 0 heterocycles. The van der Waals surface area contributed by atoms with E-state index in [0.29, 0.717) is 25.4 Å². The summed E-state index contributed by atoms with van der Waals surface area (Å²) in [6.45, 7) is 7.06. The Hall–Kier alpha value is -1.40. The van der Waals surface area contributed by atoms with Crippen molar-refractivity contribution >= 4 is 15.9 Å². The standard InChI is InChI=1S/C17H28N2O3S/c1-15(2)9-12-19(16(3)20)13-11-18-23(21,22)14-10-17-7-5-4-6-8-17/h4-8,15,18H,9-14H2,1-3H3. The summed E-state index contributed by atoms with van der Waals surface area (Å²) in [6.07, 6.45) is 1.40. The third kappa shape index (κ3) is 8.71. The molecule has 0 spiro atoms. The Balaban J connectivity index is 2.37. The van der Waals surface area contributed by atoms with Crippen LogP contribution in [0.4, 0.5) is 0 Å². The average molecular weight is 340 g/mol. The number of aryl methyl sites for hydroxylation is 1. The molecule has 0 aliphatic heterocycles. The molecule has 1 amide bonds. The largest absolute Gasteiger partial charge is 0.342 e. The van der Waals surface area contributed by atoms with Crippen LogP contribution in [0.5, 0.6) is 0 Å². The highest BCUT2D eigenvalue weighted by molar-refractivity contribution is 7.89. The van der Waals surface area contributed by atoms with Crippen LogP contribution in [0.25, 0.3) is 0 Å². The highest BCUT2D eigenvalue weighted by Gasteiger charge is 2.13. The number of amides is 1. The molecule has 0 saturated carbocycles. The van der Waals surface area contributed by atoms with Crippen molar-refractivity contribution in [3.63, 3.8) is 0 Å². The topological polar surface area (TPSA) is 66.5 Å². The van der Waals surface area contributed by atoms with Crippen LogP contribution in [0.3, 0.4) is 0 Å². The van der Waals surface area contributed by atoms with Crippen LogP contribution in [0.2, 0.25) is 0 Å². The summed E-state index contributed by atoms with van der Waals surface area (Å²) in [5.41, 5.74) is 1.00. The van der Waals surface area contributed by atoms with Gasteiger partial charge in [-0.2, -0.15) is 0 Å². The van der Waals surface area contributed by atoms with E-state index in [0.717, 1.165) is 12.0 Å². The van der Waals surface area contributed by atoms with Gasteiger partial charge in [0.25, 0.3) is 0 Å². The van der Waals surface area contributed by atoms with Crippen LogP contribution in [-0.2, 0) is 21.2 Å². The van der Waals surface area contributed by atoms with Crippen LogP contribution in [0.15, 0.2) is 30.3 Å². The SMILES string of the molecule is CC(=O)N(CCNS(=O)(=O)CCc1ccccc1)CCC(C)C. The van der Waals surface area contributed by atoms with Crippen molar-refractivity contribution in [3.8, 4) is 0 Å². The molecule has 0 saturated heterocycles. The fraction of sp³-hybridized carbons (Fsp3) is 0.588. The minimum Gasteiger partial charge on any atom is -0.342 e. The van der Waals surface area contributed by atoms with Crippen molar-refractivity contribution in [3.05, 3.63) is 35.9 Å². The Bertz CT molecular complexity index is 571. The van der Waals surface area contributed by atoms with Crippen molar-refractivity contribution in [2.45, 2.75) is 33.6 Å². The number of rotatable bonds is 10. The minimum absolute atomic E-state index is 0.0193. The van der Waals surface area contributed by atoms with E-state index in [1.807, 2.05) is 30.3 Å². The summed E-state index contributed by atoms with van der Waals surface area (Å²) in [7, 11) is -3.32. The summed E-state index contributed by atoms with van der Waals surface area (Å²) < 4.78 is 26.6. The number of nitrogens with zero attached hydrogens (tertiary/aromatic N) is 1. The first-order chi connectivity index (χ1) is 10.8. The minimum atomic E-state index is -3.32. The van der Waals surface area contributed by atoms with Gasteiger partial charge in [-0.05, 0) is 24.3 Å². The van der Waals surface area contributed by atoms with E-state index >= 15 is 0 Å². The van der Waals surface area contributed by atoms with Crippen LogP contribution in [0, 0.1) is 5.92 Å². The molecular formula is C17H28N2O3S. The van der Waals surface area contributed by atoms with E-state index in [-0.39, 0.29) is 18.2 Å². The zero-order valence-electron chi connectivity index (χ0n) is 14.3. The number of hydrogen-bond acceptors (Lipinski definition) is 3. The van der Waals surface area contributed by atoms with Crippen molar-refractivity contribution in [1.82, 2.24) is 9.62 Å². The van der Waals surface area contributed by atoms with Gasteiger partial charge >= 0.3 is 0 Å². The van der Waals surface area contributed by atoms with E-state index in [1.165, 1.54) is 6.92 Å². The fourth-order valence-corrected chi connectivity index (χ4v) is 3.20. The van der Waals surface area contributed by atoms with Gasteiger partial charge in [-0.15, -0.1) is 0 Å². The molecule has 0 aromatic heterocycles. The molecule has 1 N–H and O–H groups in total. The molecule has 0 fully saturated rings. The number of benzene rings is 1. The number of nitrogens with one attached hydrogen (secondary N) is 1. The number of hydrogen-bond donors (Lipinski definition) is 1. The molecule has 1 rings (SSSR count). The lowest BCUT2D eigenvalue weighted by Crippen LogP contribution is -2.39. The number of sulfonamides is 1. The third-order valence-corrected chi connectivity index (χ3v) is 5.01. The molecule has 1 aromatic rings. The Morgan fingerprint density at radius 3 is 2.39 bits per heavy atom. The Kier molecular flexibility index (Phi) is 8.26. The van der Waals surface area contributed by atoms with Gasteiger partial charge in [-0.25, -0.2) is 13.1 Å². The first kappa shape index (κ1) is 19.6. The molecule has 0 bridgehead atoms. The highest BCUT2D eigenvalue weighted by Crippen LogP contribution is 2.03. The summed E-state index contributed by atoms with van der Waals surface area (Å²) in [4.78, 5) is 13.3. The fourth-order valence-electron chi connectivity index (χ4n) is 2.15. The number of carbonyl (C=O) groups is 1. The lowest BCUT2D eigenvalue weighted by Gasteiger charge is -2.22.